The van der Waals surface area contributed by atoms with Gasteiger partial charge < -0.3 is 0 Å². The van der Waals surface area contributed by atoms with E-state index in [9.17, 15) is 43.9 Å². The van der Waals surface area contributed by atoms with Gasteiger partial charge in [-0.25, -0.2) is 43.9 Å². The topological polar surface area (TPSA) is 0 Å². The molecule has 4 rings (SSSR count). The van der Waals surface area contributed by atoms with E-state index in [0.717, 1.165) is 0 Å². The Morgan fingerprint density at radius 3 is 0.865 bits per heavy atom. The SMILES string of the molecule is Fc1c(F)c(F)c(C(SC(c2ccccc2)c2c(F)c(F)c(F)c(F)c2F)c2ccccc2)c(F)c1F. The first-order chi connectivity index (χ1) is 17.6. The maximum Gasteiger partial charge on any atom is 0.200 e. The Morgan fingerprint density at radius 1 is 0.351 bits per heavy atom. The third-order valence-corrected chi connectivity index (χ3v) is 7.05. The van der Waals surface area contributed by atoms with Crippen molar-refractivity contribution in [1.82, 2.24) is 0 Å². The number of thioether (sulfide) groups is 1. The van der Waals surface area contributed by atoms with Crippen LogP contribution >= 0.6 is 11.8 Å². The van der Waals surface area contributed by atoms with Crippen molar-refractivity contribution in [3.63, 3.8) is 0 Å². The fourth-order valence-corrected chi connectivity index (χ4v) is 5.31. The van der Waals surface area contributed by atoms with Gasteiger partial charge in [0.15, 0.2) is 46.5 Å². The zero-order valence-corrected chi connectivity index (χ0v) is 18.9. The van der Waals surface area contributed by atoms with Crippen LogP contribution in [0.1, 0.15) is 32.8 Å². The van der Waals surface area contributed by atoms with E-state index in [0.29, 0.717) is 0 Å². The van der Waals surface area contributed by atoms with E-state index in [-0.39, 0.29) is 22.9 Å². The molecule has 2 unspecified atom stereocenters. The molecule has 0 spiro atoms. The highest BCUT2D eigenvalue weighted by atomic mass is 32.2. The second-order valence-corrected chi connectivity index (χ2v) is 8.90. The molecule has 0 saturated carbocycles. The molecule has 0 saturated heterocycles. The number of benzene rings is 4. The normalized spacial score (nSPS) is 13.0. The number of rotatable bonds is 6. The van der Waals surface area contributed by atoms with E-state index in [4.69, 9.17) is 0 Å². The van der Waals surface area contributed by atoms with Crippen molar-refractivity contribution >= 4 is 11.8 Å². The summed E-state index contributed by atoms with van der Waals surface area (Å²) in [5.74, 6) is -22.7. The molecule has 0 N–H and O–H groups in total. The van der Waals surface area contributed by atoms with Crippen molar-refractivity contribution in [2.45, 2.75) is 10.5 Å². The number of hydrogen-bond acceptors (Lipinski definition) is 1. The van der Waals surface area contributed by atoms with Crippen molar-refractivity contribution in [3.8, 4) is 0 Å². The maximum absolute atomic E-state index is 14.9. The molecular weight excluding hydrogens is 534 g/mol. The van der Waals surface area contributed by atoms with E-state index in [1.807, 2.05) is 0 Å². The smallest absolute Gasteiger partial charge is 0.200 e. The molecule has 192 valence electrons. The highest BCUT2D eigenvalue weighted by molar-refractivity contribution is 8.00. The molecule has 11 heteroatoms. The first-order valence-corrected chi connectivity index (χ1v) is 11.3. The molecule has 4 aromatic carbocycles. The predicted molar refractivity (Wildman–Crippen MR) is 117 cm³/mol. The molecule has 0 aliphatic carbocycles. The molecule has 0 aliphatic rings. The highest BCUT2D eigenvalue weighted by Crippen LogP contribution is 2.51. The Labute approximate surface area is 207 Å². The van der Waals surface area contributed by atoms with Gasteiger partial charge in [0.25, 0.3) is 0 Å². The van der Waals surface area contributed by atoms with Gasteiger partial charge in [-0.2, -0.15) is 0 Å². The van der Waals surface area contributed by atoms with Gasteiger partial charge in [-0.15, -0.1) is 11.8 Å². The largest absolute Gasteiger partial charge is 0.203 e. The van der Waals surface area contributed by atoms with Crippen LogP contribution in [0.5, 0.6) is 0 Å². The van der Waals surface area contributed by atoms with Crippen molar-refractivity contribution < 1.29 is 43.9 Å². The molecule has 2 atom stereocenters. The Bertz CT molecular complexity index is 1290. The van der Waals surface area contributed by atoms with Gasteiger partial charge in [-0.3, -0.25) is 0 Å². The minimum Gasteiger partial charge on any atom is -0.203 e. The first-order valence-electron chi connectivity index (χ1n) is 10.3. The molecule has 0 fully saturated rings. The van der Waals surface area contributed by atoms with Crippen LogP contribution in [-0.4, -0.2) is 0 Å². The van der Waals surface area contributed by atoms with Gasteiger partial charge in [-0.1, -0.05) is 60.7 Å². The lowest BCUT2D eigenvalue weighted by Crippen LogP contribution is -2.15. The van der Waals surface area contributed by atoms with Gasteiger partial charge >= 0.3 is 0 Å². The Kier molecular flexibility index (Phi) is 7.54. The second-order valence-electron chi connectivity index (χ2n) is 7.68. The average Bonchev–Trinajstić information content (AvgIpc) is 2.92. The molecule has 0 radical (unpaired) electrons. The number of hydrogen-bond donors (Lipinski definition) is 0. The maximum atomic E-state index is 14.9. The van der Waals surface area contributed by atoms with Crippen LogP contribution in [0, 0.1) is 58.2 Å². The summed E-state index contributed by atoms with van der Waals surface area (Å²) in [6.45, 7) is 0. The Morgan fingerprint density at radius 2 is 0.595 bits per heavy atom. The Hall–Kier alpha value is -3.47. The molecule has 0 bridgehead atoms. The quantitative estimate of drug-likeness (QED) is 0.133. The summed E-state index contributed by atoms with van der Waals surface area (Å²) in [6.07, 6.45) is 0. The number of halogens is 10. The van der Waals surface area contributed by atoms with Crippen LogP contribution in [0.3, 0.4) is 0 Å². The standard InChI is InChI=1S/C26H12F10S/c27-15-13(16(28)20(32)23(35)19(15)31)25(11-7-3-1-4-8-11)37-26(12-9-5-2-6-10-12)14-17(29)21(33)24(36)22(34)18(14)30/h1-10,25-26H. The summed E-state index contributed by atoms with van der Waals surface area (Å²) in [7, 11) is 0. The lowest BCUT2D eigenvalue weighted by molar-refractivity contribution is 0.370. The van der Waals surface area contributed by atoms with Gasteiger partial charge in [-0.05, 0) is 11.1 Å². The summed E-state index contributed by atoms with van der Waals surface area (Å²) < 4.78 is 143. The summed E-state index contributed by atoms with van der Waals surface area (Å²) >= 11 is 0.234. The monoisotopic (exact) mass is 546 g/mol. The zero-order valence-electron chi connectivity index (χ0n) is 18.1. The van der Waals surface area contributed by atoms with E-state index >= 15 is 0 Å². The molecule has 0 amide bonds. The van der Waals surface area contributed by atoms with E-state index in [1.54, 1.807) is 0 Å². The van der Waals surface area contributed by atoms with Crippen molar-refractivity contribution in [3.05, 3.63) is 141 Å². The molecule has 37 heavy (non-hydrogen) atoms. The summed E-state index contributed by atoms with van der Waals surface area (Å²) in [5, 5.41) is -3.68. The summed E-state index contributed by atoms with van der Waals surface area (Å²) in [6, 6.07) is 13.4. The third-order valence-electron chi connectivity index (χ3n) is 5.49. The summed E-state index contributed by atoms with van der Waals surface area (Å²) in [4.78, 5) is 0. The van der Waals surface area contributed by atoms with Gasteiger partial charge in [0.1, 0.15) is 0 Å². The molecule has 4 aromatic rings. The zero-order chi connectivity index (χ0) is 27.0. The third kappa shape index (κ3) is 4.68. The molecule has 0 aromatic heterocycles. The highest BCUT2D eigenvalue weighted by Gasteiger charge is 2.37. The van der Waals surface area contributed by atoms with E-state index < -0.39 is 79.8 Å². The fourth-order valence-electron chi connectivity index (χ4n) is 3.72. The van der Waals surface area contributed by atoms with Crippen molar-refractivity contribution in [2.24, 2.45) is 0 Å². The van der Waals surface area contributed by atoms with Crippen LogP contribution in [0.4, 0.5) is 43.9 Å². The fraction of sp³-hybridized carbons (Fsp3) is 0.0769. The van der Waals surface area contributed by atoms with E-state index in [2.05, 4.69) is 0 Å². The minimum atomic E-state index is -2.42. The van der Waals surface area contributed by atoms with Crippen LogP contribution in [0.2, 0.25) is 0 Å². The van der Waals surface area contributed by atoms with Crippen LogP contribution in [-0.2, 0) is 0 Å². The van der Waals surface area contributed by atoms with Crippen LogP contribution < -0.4 is 0 Å². The molecule has 0 aliphatic heterocycles. The summed E-state index contributed by atoms with van der Waals surface area (Å²) in [5.41, 5.74) is -2.84. The molecule has 0 nitrogen and oxygen atoms in total. The van der Waals surface area contributed by atoms with Crippen LogP contribution in [0.25, 0.3) is 0 Å². The van der Waals surface area contributed by atoms with E-state index in [1.165, 1.54) is 60.7 Å². The lowest BCUT2D eigenvalue weighted by Gasteiger charge is -2.27. The van der Waals surface area contributed by atoms with Crippen LogP contribution in [0.15, 0.2) is 60.7 Å². The Balaban J connectivity index is 2.02. The van der Waals surface area contributed by atoms with Gasteiger partial charge in [0.2, 0.25) is 11.6 Å². The van der Waals surface area contributed by atoms with Crippen molar-refractivity contribution in [1.29, 1.82) is 0 Å². The molecular formula is C26H12F10S. The van der Waals surface area contributed by atoms with Crippen molar-refractivity contribution in [2.75, 3.05) is 0 Å². The second kappa shape index (κ2) is 10.5. The molecule has 0 heterocycles. The van der Waals surface area contributed by atoms with Gasteiger partial charge in [0.05, 0.1) is 10.5 Å². The predicted octanol–water partition coefficient (Wildman–Crippen LogP) is 8.69. The van der Waals surface area contributed by atoms with Gasteiger partial charge in [0, 0.05) is 11.1 Å². The minimum absolute atomic E-state index is 0.0690. The average molecular weight is 546 g/mol. The lowest BCUT2D eigenvalue weighted by atomic mass is 10.0. The first kappa shape index (κ1) is 26.6.